The molecule has 0 bridgehead atoms. The Kier molecular flexibility index (Phi) is 1.94. The molecule has 1 heterocycles. The second-order valence-corrected chi connectivity index (χ2v) is 2.69. The van der Waals surface area contributed by atoms with Crippen LogP contribution in [0.25, 0.3) is 0 Å². The average molecular weight is 148 g/mol. The summed E-state index contributed by atoms with van der Waals surface area (Å²) in [5.74, 6) is 0.110. The molecule has 9 heavy (non-hydrogen) atoms. The second kappa shape index (κ2) is 2.72. The number of nitrogens with one attached hydrogen (secondary N) is 1. The van der Waals surface area contributed by atoms with Crippen LogP contribution in [0.2, 0.25) is 0 Å². The summed E-state index contributed by atoms with van der Waals surface area (Å²) in [7, 11) is -2.28. The molecule has 1 rings (SSSR count). The van der Waals surface area contributed by atoms with E-state index in [1.165, 1.54) is 0 Å². The fraction of sp³-hybridized carbons (Fsp3) is 0.500. The highest BCUT2D eigenvalue weighted by Gasteiger charge is 2.01. The Morgan fingerprint density at radius 1 is 1.67 bits per heavy atom. The molecule has 0 aromatic heterocycles. The van der Waals surface area contributed by atoms with Crippen LogP contribution < -0.4 is 5.32 Å². The Hall–Kier alpha value is -0.710. The van der Waals surface area contributed by atoms with Crippen molar-refractivity contribution in [2.45, 2.75) is 0 Å². The maximum Gasteiger partial charge on any atom is 0.158 e. The molecule has 0 saturated carbocycles. The molecule has 1 aliphatic rings. The van der Waals surface area contributed by atoms with Gasteiger partial charge in [0.2, 0.25) is 0 Å². The quantitative estimate of drug-likeness (QED) is 0.487. The van der Waals surface area contributed by atoms with Crippen molar-refractivity contribution in [3.8, 4) is 0 Å². The lowest BCUT2D eigenvalue weighted by Gasteiger charge is -2.08. The zero-order valence-electron chi connectivity index (χ0n) is 4.78. The molecule has 0 aliphatic carbocycles. The minimum absolute atomic E-state index is 0.110. The zero-order chi connectivity index (χ0) is 6.69. The molecule has 0 aromatic carbocycles. The molecular weight excluding hydrogens is 140 g/mol. The first-order valence-electron chi connectivity index (χ1n) is 2.55. The number of hydrogen-bond acceptors (Lipinski definition) is 4. The van der Waals surface area contributed by atoms with Gasteiger partial charge in [0.15, 0.2) is 10.7 Å². The van der Waals surface area contributed by atoms with E-state index >= 15 is 0 Å². The van der Waals surface area contributed by atoms with E-state index in [4.69, 9.17) is 0 Å². The Labute approximate surface area is 55.1 Å². The van der Waals surface area contributed by atoms with Gasteiger partial charge in [-0.2, -0.15) is 0 Å². The van der Waals surface area contributed by atoms with Gasteiger partial charge in [-0.1, -0.05) is 0 Å². The molecule has 0 unspecified atom stereocenters. The largest absolute Gasteiger partial charge is 0.373 e. The van der Waals surface area contributed by atoms with Gasteiger partial charge in [-0.05, 0) is 0 Å². The van der Waals surface area contributed by atoms with Crippen molar-refractivity contribution in [1.82, 2.24) is 10.2 Å². The van der Waals surface area contributed by atoms with E-state index in [1.807, 2.05) is 0 Å². The molecule has 52 valence electrons. The Bertz CT molecular complexity index is 179. The highest BCUT2D eigenvalue weighted by Crippen LogP contribution is 1.92. The van der Waals surface area contributed by atoms with E-state index < -0.39 is 10.7 Å². The first-order valence-corrected chi connectivity index (χ1v) is 3.91. The molecule has 0 aromatic rings. The van der Waals surface area contributed by atoms with Crippen LogP contribution in [0.4, 0.5) is 0 Å². The number of thiol groups is 1. The van der Waals surface area contributed by atoms with Crippen LogP contribution in [0.5, 0.6) is 0 Å². The fourth-order valence-corrected chi connectivity index (χ4v) is 1.12. The molecule has 0 spiro atoms. The smallest absolute Gasteiger partial charge is 0.158 e. The summed E-state index contributed by atoms with van der Waals surface area (Å²) < 4.78 is 20.2. The van der Waals surface area contributed by atoms with Gasteiger partial charge in [-0.25, -0.2) is 8.42 Å². The predicted octanol–water partition coefficient (Wildman–Crippen LogP) is -1.11. The van der Waals surface area contributed by atoms with Crippen LogP contribution in [-0.4, -0.2) is 25.9 Å². The lowest BCUT2D eigenvalue weighted by atomic mass is 10.9. The minimum Gasteiger partial charge on any atom is -0.373 e. The van der Waals surface area contributed by atoms with Crippen molar-refractivity contribution >= 4 is 10.7 Å². The fourth-order valence-electron chi connectivity index (χ4n) is 0.626. The van der Waals surface area contributed by atoms with Crippen LogP contribution >= 0.6 is 0 Å². The normalized spacial score (nSPS) is 16.8. The number of rotatable bonds is 2. The number of nitrogens with zero attached hydrogens (tertiary/aromatic N) is 1. The monoisotopic (exact) mass is 148 g/mol. The highest BCUT2D eigenvalue weighted by atomic mass is 32.2. The maximum absolute atomic E-state index is 10.1. The average Bonchev–Trinajstić information content (AvgIpc) is 2.15. The minimum atomic E-state index is -2.28. The van der Waals surface area contributed by atoms with Gasteiger partial charge < -0.3 is 10.2 Å². The third-order valence-corrected chi connectivity index (χ3v) is 1.59. The van der Waals surface area contributed by atoms with E-state index in [-0.39, 0.29) is 5.88 Å². The first kappa shape index (κ1) is 6.41. The second-order valence-electron chi connectivity index (χ2n) is 1.74. The third-order valence-electron chi connectivity index (χ3n) is 0.995. The lowest BCUT2D eigenvalue weighted by Crippen LogP contribution is -2.22. The summed E-state index contributed by atoms with van der Waals surface area (Å²) in [6.45, 7) is 0.601. The van der Waals surface area contributed by atoms with Gasteiger partial charge >= 0.3 is 0 Å². The molecule has 0 atom stereocenters. The van der Waals surface area contributed by atoms with Crippen LogP contribution in [-0.2, 0) is 10.7 Å². The van der Waals surface area contributed by atoms with Crippen LogP contribution in [0, 0.1) is 0 Å². The summed E-state index contributed by atoms with van der Waals surface area (Å²) in [6.07, 6.45) is 3.43. The van der Waals surface area contributed by atoms with Crippen LogP contribution in [0.1, 0.15) is 0 Å². The van der Waals surface area contributed by atoms with Crippen molar-refractivity contribution < 1.29 is 8.42 Å². The van der Waals surface area contributed by atoms with Crippen molar-refractivity contribution in [3.05, 3.63) is 12.4 Å². The molecule has 1 N–H and O–H groups in total. The van der Waals surface area contributed by atoms with Gasteiger partial charge in [0.05, 0.1) is 6.67 Å². The standard InChI is InChI=1S/C4H8N2O2S/c7-9(8)4-6-2-1-5-3-6/h1-2,5,9H,3-4H2. The van der Waals surface area contributed by atoms with E-state index in [9.17, 15) is 8.42 Å². The topological polar surface area (TPSA) is 49.4 Å². The summed E-state index contributed by atoms with van der Waals surface area (Å²) in [5.41, 5.74) is 0. The molecule has 1 aliphatic heterocycles. The lowest BCUT2D eigenvalue weighted by molar-refractivity contribution is 0.445. The maximum atomic E-state index is 10.1. The molecule has 5 heteroatoms. The molecule has 0 fully saturated rings. The van der Waals surface area contributed by atoms with Crippen molar-refractivity contribution in [3.63, 3.8) is 0 Å². The summed E-state index contributed by atoms with van der Waals surface area (Å²) in [4.78, 5) is 1.67. The number of hydrogen-bond donors (Lipinski definition) is 2. The van der Waals surface area contributed by atoms with Gasteiger partial charge in [-0.15, -0.1) is 0 Å². The van der Waals surface area contributed by atoms with Crippen LogP contribution in [0.15, 0.2) is 12.4 Å². The van der Waals surface area contributed by atoms with Gasteiger partial charge in [0, 0.05) is 12.4 Å². The van der Waals surface area contributed by atoms with Crippen molar-refractivity contribution in [2.24, 2.45) is 0 Å². The SMILES string of the molecule is O=[SH](=O)CN1C=CNC1. The first-order chi connectivity index (χ1) is 4.29. The Morgan fingerprint density at radius 3 is 2.89 bits per heavy atom. The van der Waals surface area contributed by atoms with Crippen LogP contribution in [0.3, 0.4) is 0 Å². The van der Waals surface area contributed by atoms with E-state index in [0.717, 1.165) is 0 Å². The molecule has 0 saturated heterocycles. The van der Waals surface area contributed by atoms with E-state index in [0.29, 0.717) is 6.67 Å². The van der Waals surface area contributed by atoms with Gasteiger partial charge in [-0.3, -0.25) is 0 Å². The van der Waals surface area contributed by atoms with E-state index in [1.54, 1.807) is 17.3 Å². The molecule has 4 nitrogen and oxygen atoms in total. The molecule has 0 radical (unpaired) electrons. The Balaban J connectivity index is 2.36. The molecule has 0 amide bonds. The predicted molar refractivity (Wildman–Crippen MR) is 34.2 cm³/mol. The summed E-state index contributed by atoms with van der Waals surface area (Å²) >= 11 is 0. The zero-order valence-corrected chi connectivity index (χ0v) is 5.67. The summed E-state index contributed by atoms with van der Waals surface area (Å²) in [6, 6.07) is 0. The van der Waals surface area contributed by atoms with E-state index in [2.05, 4.69) is 5.32 Å². The Morgan fingerprint density at radius 2 is 2.44 bits per heavy atom. The van der Waals surface area contributed by atoms with Gasteiger partial charge in [0.1, 0.15) is 5.88 Å². The van der Waals surface area contributed by atoms with Crippen molar-refractivity contribution in [1.29, 1.82) is 0 Å². The molecular formula is C4H8N2O2S. The van der Waals surface area contributed by atoms with Crippen molar-refractivity contribution in [2.75, 3.05) is 12.5 Å². The van der Waals surface area contributed by atoms with Gasteiger partial charge in [0.25, 0.3) is 0 Å². The third kappa shape index (κ3) is 1.93. The summed E-state index contributed by atoms with van der Waals surface area (Å²) in [5, 5.41) is 2.86. The highest BCUT2D eigenvalue weighted by molar-refractivity contribution is 7.72.